The quantitative estimate of drug-likeness (QED) is 0.660. The lowest BCUT2D eigenvalue weighted by Gasteiger charge is -2.28. The van der Waals surface area contributed by atoms with Gasteiger partial charge in [0, 0.05) is 18.7 Å². The third-order valence-electron chi connectivity index (χ3n) is 2.61. The average Bonchev–Trinajstić information content (AvgIpc) is 2.49. The summed E-state index contributed by atoms with van der Waals surface area (Å²) in [4.78, 5) is 2.31. The van der Waals surface area contributed by atoms with Gasteiger partial charge in [0.1, 0.15) is 12.0 Å². The Hall–Kier alpha value is -0.960. The maximum atomic E-state index is 5.37. The van der Waals surface area contributed by atoms with Crippen molar-refractivity contribution in [2.24, 2.45) is 0 Å². The summed E-state index contributed by atoms with van der Waals surface area (Å²) in [6.07, 6.45) is 1.84. The summed E-state index contributed by atoms with van der Waals surface area (Å²) >= 11 is 0. The normalized spacial score (nSPS) is 17.8. The van der Waals surface area contributed by atoms with Gasteiger partial charge in [-0.05, 0) is 13.8 Å². The topological polar surface area (TPSA) is 25.6 Å². The Morgan fingerprint density at radius 2 is 1.92 bits per heavy atom. The molecule has 0 radical (unpaired) electrons. The second-order valence-electron chi connectivity index (χ2n) is 3.40. The highest BCUT2D eigenvalue weighted by Gasteiger charge is 2.15. The highest BCUT2D eigenvalue weighted by atomic mass is 16.5. The Labute approximate surface area is 78.3 Å². The molecule has 0 aromatic carbocycles. The summed E-state index contributed by atoms with van der Waals surface area (Å²) in [6, 6.07) is 0. The van der Waals surface area contributed by atoms with Crippen LogP contribution in [-0.4, -0.2) is 26.3 Å². The van der Waals surface area contributed by atoms with Gasteiger partial charge in [0.15, 0.2) is 0 Å². The highest BCUT2D eigenvalue weighted by molar-refractivity contribution is 5.52. The van der Waals surface area contributed by atoms with E-state index in [0.717, 1.165) is 32.1 Å². The minimum absolute atomic E-state index is 0.823. The summed E-state index contributed by atoms with van der Waals surface area (Å²) in [5.41, 5.74) is 2.47. The van der Waals surface area contributed by atoms with Gasteiger partial charge in [-0.15, -0.1) is 0 Å². The van der Waals surface area contributed by atoms with E-state index in [1.807, 2.05) is 13.2 Å². The zero-order chi connectivity index (χ0) is 9.26. The minimum atomic E-state index is 0.823. The molecule has 2 rings (SSSR count). The van der Waals surface area contributed by atoms with E-state index in [9.17, 15) is 0 Å². The zero-order valence-corrected chi connectivity index (χ0v) is 8.17. The van der Waals surface area contributed by atoms with Crippen LogP contribution >= 0.6 is 0 Å². The molecular formula is C10H15NO2. The number of aryl methyl sites for hydroxylation is 1. The number of nitrogens with zero attached hydrogens (tertiary/aromatic N) is 1. The Kier molecular flexibility index (Phi) is 2.27. The standard InChI is InChI=1S/C10H15NO2/c1-8-9(2)13-7-10(8)11-3-5-12-6-4-11/h7H,3-6H2,1-2H3. The van der Waals surface area contributed by atoms with Gasteiger partial charge in [-0.25, -0.2) is 0 Å². The first-order valence-corrected chi connectivity index (χ1v) is 4.66. The first-order chi connectivity index (χ1) is 6.29. The van der Waals surface area contributed by atoms with E-state index < -0.39 is 0 Å². The number of ether oxygens (including phenoxy) is 1. The van der Waals surface area contributed by atoms with Crippen molar-refractivity contribution >= 4 is 5.69 Å². The number of morpholine rings is 1. The Balaban J connectivity index is 2.18. The molecule has 1 fully saturated rings. The van der Waals surface area contributed by atoms with Gasteiger partial charge in [-0.2, -0.15) is 0 Å². The lowest BCUT2D eigenvalue weighted by molar-refractivity contribution is 0.122. The summed E-state index contributed by atoms with van der Waals surface area (Å²) < 4.78 is 10.7. The van der Waals surface area contributed by atoms with Crippen molar-refractivity contribution in [1.29, 1.82) is 0 Å². The third-order valence-corrected chi connectivity index (χ3v) is 2.61. The Morgan fingerprint density at radius 1 is 1.23 bits per heavy atom. The fourth-order valence-corrected chi connectivity index (χ4v) is 1.62. The SMILES string of the molecule is Cc1occ(N2CCOCC2)c1C. The van der Waals surface area contributed by atoms with Crippen molar-refractivity contribution in [2.75, 3.05) is 31.2 Å². The number of hydrogen-bond donors (Lipinski definition) is 0. The van der Waals surface area contributed by atoms with Gasteiger partial charge < -0.3 is 14.1 Å². The molecule has 1 aliphatic rings. The largest absolute Gasteiger partial charge is 0.467 e. The molecule has 0 amide bonds. The van der Waals surface area contributed by atoms with Gasteiger partial charge in [-0.3, -0.25) is 0 Å². The molecular weight excluding hydrogens is 166 g/mol. The number of hydrogen-bond acceptors (Lipinski definition) is 3. The molecule has 0 saturated carbocycles. The van der Waals surface area contributed by atoms with Crippen molar-refractivity contribution in [1.82, 2.24) is 0 Å². The molecule has 3 nitrogen and oxygen atoms in total. The molecule has 1 aromatic rings. The van der Waals surface area contributed by atoms with E-state index >= 15 is 0 Å². The van der Waals surface area contributed by atoms with E-state index in [1.54, 1.807) is 0 Å². The number of anilines is 1. The van der Waals surface area contributed by atoms with Crippen LogP contribution in [0.1, 0.15) is 11.3 Å². The molecule has 0 bridgehead atoms. The predicted octanol–water partition coefficient (Wildman–Crippen LogP) is 1.73. The van der Waals surface area contributed by atoms with Crippen molar-refractivity contribution in [3.63, 3.8) is 0 Å². The highest BCUT2D eigenvalue weighted by Crippen LogP contribution is 2.25. The molecule has 0 aliphatic carbocycles. The Bertz CT molecular complexity index is 287. The molecule has 2 heterocycles. The molecule has 0 unspecified atom stereocenters. The molecule has 1 saturated heterocycles. The molecule has 1 aromatic heterocycles. The first kappa shape index (κ1) is 8.63. The first-order valence-electron chi connectivity index (χ1n) is 4.66. The van der Waals surface area contributed by atoms with Gasteiger partial charge in [0.05, 0.1) is 18.9 Å². The summed E-state index contributed by atoms with van der Waals surface area (Å²) in [6.45, 7) is 7.69. The van der Waals surface area contributed by atoms with Crippen LogP contribution in [0.5, 0.6) is 0 Å². The minimum Gasteiger partial charge on any atom is -0.467 e. The third kappa shape index (κ3) is 1.56. The summed E-state index contributed by atoms with van der Waals surface area (Å²) in [7, 11) is 0. The van der Waals surface area contributed by atoms with Crippen molar-refractivity contribution in [3.05, 3.63) is 17.6 Å². The van der Waals surface area contributed by atoms with E-state index in [1.165, 1.54) is 11.3 Å². The summed E-state index contributed by atoms with van der Waals surface area (Å²) in [5.74, 6) is 1.02. The molecule has 1 aliphatic heterocycles. The van der Waals surface area contributed by atoms with Crippen molar-refractivity contribution in [2.45, 2.75) is 13.8 Å². The molecule has 13 heavy (non-hydrogen) atoms. The second kappa shape index (κ2) is 3.42. The average molecular weight is 181 g/mol. The van der Waals surface area contributed by atoms with Crippen LogP contribution in [0.3, 0.4) is 0 Å². The lowest BCUT2D eigenvalue weighted by atomic mass is 10.2. The molecule has 3 heteroatoms. The van der Waals surface area contributed by atoms with Gasteiger partial charge in [-0.1, -0.05) is 0 Å². The summed E-state index contributed by atoms with van der Waals surface area (Å²) in [5, 5.41) is 0. The van der Waals surface area contributed by atoms with Gasteiger partial charge >= 0.3 is 0 Å². The predicted molar refractivity (Wildman–Crippen MR) is 51.2 cm³/mol. The van der Waals surface area contributed by atoms with Crippen LogP contribution in [-0.2, 0) is 4.74 Å². The van der Waals surface area contributed by atoms with Gasteiger partial charge in [0.25, 0.3) is 0 Å². The maximum Gasteiger partial charge on any atom is 0.114 e. The molecule has 72 valence electrons. The van der Waals surface area contributed by atoms with Crippen molar-refractivity contribution < 1.29 is 9.15 Å². The fourth-order valence-electron chi connectivity index (χ4n) is 1.62. The Morgan fingerprint density at radius 3 is 2.46 bits per heavy atom. The van der Waals surface area contributed by atoms with Crippen LogP contribution in [0, 0.1) is 13.8 Å². The molecule has 0 atom stereocenters. The number of furan rings is 1. The van der Waals surface area contributed by atoms with E-state index in [4.69, 9.17) is 9.15 Å². The van der Waals surface area contributed by atoms with E-state index in [-0.39, 0.29) is 0 Å². The van der Waals surface area contributed by atoms with Crippen molar-refractivity contribution in [3.8, 4) is 0 Å². The van der Waals surface area contributed by atoms with Crippen LogP contribution in [0.15, 0.2) is 10.7 Å². The van der Waals surface area contributed by atoms with E-state index in [0.29, 0.717) is 0 Å². The number of rotatable bonds is 1. The fraction of sp³-hybridized carbons (Fsp3) is 0.600. The van der Waals surface area contributed by atoms with Gasteiger partial charge in [0.2, 0.25) is 0 Å². The van der Waals surface area contributed by atoms with Crippen LogP contribution in [0.2, 0.25) is 0 Å². The second-order valence-corrected chi connectivity index (χ2v) is 3.40. The zero-order valence-electron chi connectivity index (χ0n) is 8.17. The maximum absolute atomic E-state index is 5.37. The smallest absolute Gasteiger partial charge is 0.114 e. The monoisotopic (exact) mass is 181 g/mol. The van der Waals surface area contributed by atoms with E-state index in [2.05, 4.69) is 11.8 Å². The van der Waals surface area contributed by atoms with Crippen LogP contribution in [0.25, 0.3) is 0 Å². The lowest BCUT2D eigenvalue weighted by Crippen LogP contribution is -2.36. The molecule has 0 spiro atoms. The molecule has 0 N–H and O–H groups in total. The van der Waals surface area contributed by atoms with Crippen LogP contribution < -0.4 is 4.90 Å². The van der Waals surface area contributed by atoms with Crippen LogP contribution in [0.4, 0.5) is 5.69 Å².